The minimum atomic E-state index is -1.11. The van der Waals surface area contributed by atoms with Crippen LogP contribution in [0.4, 0.5) is 4.79 Å². The van der Waals surface area contributed by atoms with Gasteiger partial charge in [0.15, 0.2) is 10.7 Å². The maximum Gasteiger partial charge on any atom is 0.322 e. The van der Waals surface area contributed by atoms with E-state index >= 15 is 0 Å². The first-order valence-corrected chi connectivity index (χ1v) is 6.64. The van der Waals surface area contributed by atoms with Crippen LogP contribution in [0.1, 0.15) is 39.0 Å². The van der Waals surface area contributed by atoms with Gasteiger partial charge >= 0.3 is 6.03 Å². The van der Waals surface area contributed by atoms with Gasteiger partial charge in [0.2, 0.25) is 0 Å². The number of thiocarbonyl (C=S) groups is 1. The number of amides is 3. The van der Waals surface area contributed by atoms with Crippen molar-refractivity contribution in [2.45, 2.75) is 44.6 Å². The second kappa shape index (κ2) is 7.03. The molecule has 7 nitrogen and oxygen atoms in total. The maximum absolute atomic E-state index is 11.9. The number of carbonyl (C=O) groups excluding carboxylic acids is 2. The minimum absolute atomic E-state index is 0.00196. The van der Waals surface area contributed by atoms with Crippen LogP contribution in [0.5, 0.6) is 0 Å². The third kappa shape index (κ3) is 4.47. The molecule has 0 aromatic carbocycles. The molecule has 1 atom stereocenters. The molecule has 1 saturated heterocycles. The average Bonchev–Trinajstić information content (AvgIpc) is 2.60. The largest absolute Gasteiger partial charge is 0.375 e. The number of nitrogens with one attached hydrogen (secondary N) is 3. The zero-order chi connectivity index (χ0) is 14.3. The normalized spacial score (nSPS) is 22.4. The Labute approximate surface area is 117 Å². The lowest BCUT2D eigenvalue weighted by Gasteiger charge is -2.20. The summed E-state index contributed by atoms with van der Waals surface area (Å²) < 4.78 is 0. The lowest BCUT2D eigenvalue weighted by atomic mass is 9.93. The first kappa shape index (κ1) is 15.4. The van der Waals surface area contributed by atoms with Crippen molar-refractivity contribution in [3.8, 4) is 0 Å². The highest BCUT2D eigenvalue weighted by Crippen LogP contribution is 2.18. The van der Waals surface area contributed by atoms with Gasteiger partial charge in [-0.1, -0.05) is 32.6 Å². The van der Waals surface area contributed by atoms with Gasteiger partial charge in [0.25, 0.3) is 5.91 Å². The zero-order valence-corrected chi connectivity index (χ0v) is 11.7. The van der Waals surface area contributed by atoms with Crippen LogP contribution in [-0.4, -0.2) is 28.8 Å². The van der Waals surface area contributed by atoms with E-state index < -0.39 is 17.5 Å². The summed E-state index contributed by atoms with van der Waals surface area (Å²) in [5.41, 5.74) is 6.51. The van der Waals surface area contributed by atoms with Crippen molar-refractivity contribution >= 4 is 35.5 Å². The molecule has 8 heteroatoms. The number of carbonyl (C=O) groups is 2. The van der Waals surface area contributed by atoms with Crippen LogP contribution in [0, 0.1) is 0 Å². The van der Waals surface area contributed by atoms with E-state index in [1.807, 2.05) is 0 Å². The molecule has 106 valence electrons. The highest BCUT2D eigenvalue weighted by atomic mass is 32.1. The number of urea groups is 1. The molecular weight excluding hydrogens is 266 g/mol. The van der Waals surface area contributed by atoms with Crippen LogP contribution in [0.3, 0.4) is 0 Å². The van der Waals surface area contributed by atoms with Crippen molar-refractivity contribution in [1.29, 1.82) is 0 Å². The minimum Gasteiger partial charge on any atom is -0.375 e. The number of hydrazone groups is 1. The van der Waals surface area contributed by atoms with Crippen LogP contribution in [-0.2, 0) is 4.79 Å². The van der Waals surface area contributed by atoms with Gasteiger partial charge in [-0.15, -0.1) is 0 Å². The molecule has 0 aromatic heterocycles. The topological polar surface area (TPSA) is 109 Å². The van der Waals surface area contributed by atoms with Crippen LogP contribution in [0.25, 0.3) is 0 Å². The van der Waals surface area contributed by atoms with Crippen LogP contribution < -0.4 is 21.8 Å². The molecule has 1 rings (SSSR count). The number of nitrogens with two attached hydrogens (primary N) is 1. The molecule has 19 heavy (non-hydrogen) atoms. The third-order valence-corrected chi connectivity index (χ3v) is 2.94. The smallest absolute Gasteiger partial charge is 0.322 e. The van der Waals surface area contributed by atoms with E-state index in [4.69, 9.17) is 5.73 Å². The summed E-state index contributed by atoms with van der Waals surface area (Å²) >= 11 is 4.61. The Kier molecular flexibility index (Phi) is 5.68. The molecule has 3 amide bonds. The highest BCUT2D eigenvalue weighted by Gasteiger charge is 2.44. The van der Waals surface area contributed by atoms with Gasteiger partial charge in [-0.05, 0) is 18.6 Å². The molecule has 0 bridgehead atoms. The number of hydrogen-bond acceptors (Lipinski definition) is 4. The predicted molar refractivity (Wildman–Crippen MR) is 76.6 cm³/mol. The van der Waals surface area contributed by atoms with Gasteiger partial charge in [-0.3, -0.25) is 15.5 Å². The maximum atomic E-state index is 11.9. The van der Waals surface area contributed by atoms with Gasteiger partial charge in [0, 0.05) is 0 Å². The monoisotopic (exact) mass is 285 g/mol. The highest BCUT2D eigenvalue weighted by molar-refractivity contribution is 7.80. The molecule has 0 aliphatic carbocycles. The van der Waals surface area contributed by atoms with Gasteiger partial charge in [-0.25, -0.2) is 4.79 Å². The third-order valence-electron chi connectivity index (χ3n) is 2.85. The molecule has 1 fully saturated rings. The van der Waals surface area contributed by atoms with Crippen molar-refractivity contribution in [3.05, 3.63) is 0 Å². The number of rotatable bonds is 7. The number of imide groups is 1. The van der Waals surface area contributed by atoms with Gasteiger partial charge in [0.05, 0.1) is 6.21 Å². The average molecular weight is 285 g/mol. The summed E-state index contributed by atoms with van der Waals surface area (Å²) in [6, 6.07) is -0.512. The first-order valence-electron chi connectivity index (χ1n) is 6.23. The van der Waals surface area contributed by atoms with Gasteiger partial charge in [0.1, 0.15) is 0 Å². The molecular formula is C11H19N5O2S. The molecule has 5 N–H and O–H groups in total. The predicted octanol–water partition coefficient (Wildman–Crippen LogP) is 0.354. The fraction of sp³-hybridized carbons (Fsp3) is 0.636. The number of nitrogens with zero attached hydrogens (tertiary/aromatic N) is 1. The lowest BCUT2D eigenvalue weighted by molar-refractivity contribution is -0.121. The summed E-state index contributed by atoms with van der Waals surface area (Å²) in [5.74, 6) is -0.400. The van der Waals surface area contributed by atoms with Crippen molar-refractivity contribution in [1.82, 2.24) is 16.1 Å². The van der Waals surface area contributed by atoms with Gasteiger partial charge < -0.3 is 11.1 Å². The van der Waals surface area contributed by atoms with Crippen molar-refractivity contribution in [2.75, 3.05) is 0 Å². The standard InChI is InChI=1S/C11H19N5O2S/c1-2-3-4-5-6-11(7-13-16-9(12)19)8(17)14-10(18)15-11/h7H,2-6H2,1H3,(H3,12,16,19)(H2,14,15,17,18)/b13-7+. The van der Waals surface area contributed by atoms with E-state index in [0.29, 0.717) is 6.42 Å². The summed E-state index contributed by atoms with van der Waals surface area (Å²) in [5, 5.41) is 8.60. The second-order valence-corrected chi connectivity index (χ2v) is 4.86. The Morgan fingerprint density at radius 2 is 2.21 bits per heavy atom. The van der Waals surface area contributed by atoms with Crippen molar-refractivity contribution < 1.29 is 9.59 Å². The number of hydrogen-bond donors (Lipinski definition) is 4. The Balaban J connectivity index is 2.68. The van der Waals surface area contributed by atoms with Crippen LogP contribution >= 0.6 is 12.2 Å². The summed E-state index contributed by atoms with van der Waals surface area (Å²) in [6.45, 7) is 2.10. The van der Waals surface area contributed by atoms with E-state index in [1.165, 1.54) is 6.21 Å². The van der Waals surface area contributed by atoms with E-state index in [0.717, 1.165) is 25.7 Å². The summed E-state index contributed by atoms with van der Waals surface area (Å²) in [4.78, 5) is 23.1. The van der Waals surface area contributed by atoms with E-state index in [9.17, 15) is 9.59 Å². The Hall–Kier alpha value is -1.70. The van der Waals surface area contributed by atoms with E-state index in [-0.39, 0.29) is 5.11 Å². The molecule has 0 saturated carbocycles. The Morgan fingerprint density at radius 3 is 2.74 bits per heavy atom. The lowest BCUT2D eigenvalue weighted by Crippen LogP contribution is -2.49. The van der Waals surface area contributed by atoms with Gasteiger partial charge in [-0.2, -0.15) is 5.10 Å². The van der Waals surface area contributed by atoms with Crippen molar-refractivity contribution in [3.63, 3.8) is 0 Å². The fourth-order valence-corrected chi connectivity index (χ4v) is 1.93. The first-order chi connectivity index (χ1) is 9.00. The molecule has 0 spiro atoms. The van der Waals surface area contributed by atoms with E-state index in [1.54, 1.807) is 0 Å². The molecule has 0 aromatic rings. The SMILES string of the molecule is CCCCCCC1(/C=N/NC(N)=S)NC(=O)NC1=O. The Morgan fingerprint density at radius 1 is 1.47 bits per heavy atom. The van der Waals surface area contributed by atoms with E-state index in [2.05, 4.69) is 40.3 Å². The summed E-state index contributed by atoms with van der Waals surface area (Å²) in [6.07, 6.45) is 5.85. The molecule has 1 aliphatic rings. The number of unbranched alkanes of at least 4 members (excludes halogenated alkanes) is 3. The van der Waals surface area contributed by atoms with Crippen LogP contribution in [0.15, 0.2) is 5.10 Å². The quantitative estimate of drug-likeness (QED) is 0.177. The Bertz CT molecular complexity index is 399. The molecule has 0 radical (unpaired) electrons. The molecule has 1 aliphatic heterocycles. The molecule has 1 heterocycles. The van der Waals surface area contributed by atoms with Crippen molar-refractivity contribution in [2.24, 2.45) is 10.8 Å². The fourth-order valence-electron chi connectivity index (χ4n) is 1.87. The van der Waals surface area contributed by atoms with Crippen LogP contribution in [0.2, 0.25) is 0 Å². The second-order valence-electron chi connectivity index (χ2n) is 4.42. The molecule has 1 unspecified atom stereocenters. The zero-order valence-electron chi connectivity index (χ0n) is 10.9. The summed E-state index contributed by atoms with van der Waals surface area (Å²) in [7, 11) is 0.